The van der Waals surface area contributed by atoms with Crippen LogP contribution >= 0.6 is 0 Å². The van der Waals surface area contributed by atoms with Crippen molar-refractivity contribution < 1.29 is 14.3 Å². The van der Waals surface area contributed by atoms with Crippen molar-refractivity contribution in [3.63, 3.8) is 0 Å². The highest BCUT2D eigenvalue weighted by Gasteiger charge is 2.21. The van der Waals surface area contributed by atoms with Crippen molar-refractivity contribution in [1.82, 2.24) is 4.90 Å². The average molecular weight is 312 g/mol. The first-order valence-corrected chi connectivity index (χ1v) is 7.50. The lowest BCUT2D eigenvalue weighted by molar-refractivity contribution is -0.131. The maximum atomic E-state index is 12.5. The van der Waals surface area contributed by atoms with E-state index in [1.165, 1.54) is 0 Å². The fourth-order valence-electron chi connectivity index (χ4n) is 2.54. The number of fused-ring (bicyclic) bond motifs is 1. The maximum absolute atomic E-state index is 12.5. The summed E-state index contributed by atoms with van der Waals surface area (Å²) in [6.07, 6.45) is 0. The summed E-state index contributed by atoms with van der Waals surface area (Å²) in [6.45, 7) is 2.71. The summed E-state index contributed by atoms with van der Waals surface area (Å²) in [4.78, 5) is 14.1. The highest BCUT2D eigenvalue weighted by molar-refractivity contribution is 5.82. The molecule has 1 heterocycles. The lowest BCUT2D eigenvalue weighted by Crippen LogP contribution is -2.35. The first-order chi connectivity index (χ1) is 11.0. The summed E-state index contributed by atoms with van der Waals surface area (Å²) in [5, 5.41) is 0. The van der Waals surface area contributed by atoms with E-state index in [0.717, 1.165) is 22.4 Å². The number of benzene rings is 2. The number of nitrogens with zero attached hydrogens (tertiary/aromatic N) is 1. The fraction of sp³-hybridized carbons (Fsp3) is 0.278. The van der Waals surface area contributed by atoms with Crippen molar-refractivity contribution in [1.29, 1.82) is 0 Å². The third kappa shape index (κ3) is 3.29. The number of carbonyl (C=O) groups excluding carboxylic acids is 1. The van der Waals surface area contributed by atoms with Crippen LogP contribution in [0, 0.1) is 6.92 Å². The van der Waals surface area contributed by atoms with Crippen LogP contribution in [-0.4, -0.2) is 24.6 Å². The minimum atomic E-state index is -0.658. The van der Waals surface area contributed by atoms with E-state index in [1.54, 1.807) is 11.9 Å². The molecule has 0 radical (unpaired) electrons. The van der Waals surface area contributed by atoms with Crippen LogP contribution in [0.1, 0.15) is 22.7 Å². The number of nitrogens with two attached hydrogens (primary N) is 1. The molecule has 1 amide bonds. The fourth-order valence-corrected chi connectivity index (χ4v) is 2.54. The summed E-state index contributed by atoms with van der Waals surface area (Å²) in [5.74, 6) is 1.33. The molecule has 0 aliphatic carbocycles. The van der Waals surface area contributed by atoms with Gasteiger partial charge in [-0.15, -0.1) is 0 Å². The van der Waals surface area contributed by atoms with Crippen LogP contribution in [0.3, 0.4) is 0 Å². The van der Waals surface area contributed by atoms with Crippen molar-refractivity contribution in [3.05, 3.63) is 59.2 Å². The molecule has 120 valence electrons. The van der Waals surface area contributed by atoms with Crippen LogP contribution in [0.2, 0.25) is 0 Å². The van der Waals surface area contributed by atoms with Crippen LogP contribution < -0.4 is 15.2 Å². The van der Waals surface area contributed by atoms with Crippen molar-refractivity contribution in [2.45, 2.75) is 19.5 Å². The zero-order chi connectivity index (χ0) is 16.4. The molecule has 2 aromatic carbocycles. The normalized spacial score (nSPS) is 13.7. The molecule has 0 bridgehead atoms. The van der Waals surface area contributed by atoms with Gasteiger partial charge < -0.3 is 20.1 Å². The third-order valence-corrected chi connectivity index (χ3v) is 3.94. The summed E-state index contributed by atoms with van der Waals surface area (Å²) in [6, 6.07) is 12.7. The Morgan fingerprint density at radius 3 is 2.61 bits per heavy atom. The second-order valence-electron chi connectivity index (χ2n) is 5.77. The Kier molecular flexibility index (Phi) is 4.21. The Hall–Kier alpha value is -2.53. The largest absolute Gasteiger partial charge is 0.454 e. The van der Waals surface area contributed by atoms with Crippen LogP contribution in [0.25, 0.3) is 0 Å². The molecule has 2 aromatic rings. The zero-order valence-corrected chi connectivity index (χ0v) is 13.3. The van der Waals surface area contributed by atoms with Gasteiger partial charge in [0.1, 0.15) is 6.04 Å². The van der Waals surface area contributed by atoms with E-state index in [0.29, 0.717) is 12.3 Å². The monoisotopic (exact) mass is 312 g/mol. The van der Waals surface area contributed by atoms with E-state index in [-0.39, 0.29) is 12.7 Å². The van der Waals surface area contributed by atoms with Crippen molar-refractivity contribution in [2.24, 2.45) is 5.73 Å². The SMILES string of the molecule is Cc1ccc(C(N)C(=O)N(C)Cc2ccc3c(c2)OCO3)cc1. The Morgan fingerprint density at radius 2 is 1.87 bits per heavy atom. The molecule has 3 rings (SSSR count). The van der Waals surface area contributed by atoms with Crippen LogP contribution in [0.15, 0.2) is 42.5 Å². The Balaban J connectivity index is 1.68. The number of rotatable bonds is 4. The van der Waals surface area contributed by atoms with Crippen molar-refractivity contribution >= 4 is 5.91 Å². The van der Waals surface area contributed by atoms with E-state index in [9.17, 15) is 4.79 Å². The van der Waals surface area contributed by atoms with Crippen molar-refractivity contribution in [3.8, 4) is 11.5 Å². The molecule has 1 aliphatic heterocycles. The minimum absolute atomic E-state index is 0.119. The molecule has 1 aliphatic rings. The molecule has 0 saturated heterocycles. The lowest BCUT2D eigenvalue weighted by Gasteiger charge is -2.22. The molecular weight excluding hydrogens is 292 g/mol. The quantitative estimate of drug-likeness (QED) is 0.941. The first kappa shape index (κ1) is 15.4. The second-order valence-corrected chi connectivity index (χ2v) is 5.77. The zero-order valence-electron chi connectivity index (χ0n) is 13.3. The van der Waals surface area contributed by atoms with Crippen LogP contribution in [-0.2, 0) is 11.3 Å². The van der Waals surface area contributed by atoms with Gasteiger partial charge in [0, 0.05) is 13.6 Å². The number of amides is 1. The van der Waals surface area contributed by atoms with Gasteiger partial charge >= 0.3 is 0 Å². The molecule has 23 heavy (non-hydrogen) atoms. The smallest absolute Gasteiger partial charge is 0.244 e. The molecule has 1 atom stereocenters. The minimum Gasteiger partial charge on any atom is -0.454 e. The van der Waals surface area contributed by atoms with Crippen LogP contribution in [0.5, 0.6) is 11.5 Å². The number of aryl methyl sites for hydroxylation is 1. The number of carbonyl (C=O) groups is 1. The standard InChI is InChI=1S/C18H20N2O3/c1-12-3-6-14(7-4-12)17(19)18(21)20(2)10-13-5-8-15-16(9-13)23-11-22-15/h3-9,17H,10-11,19H2,1-2H3. The van der Waals surface area contributed by atoms with Crippen LogP contribution in [0.4, 0.5) is 0 Å². The van der Waals surface area contributed by atoms with E-state index in [4.69, 9.17) is 15.2 Å². The molecule has 0 spiro atoms. The van der Waals surface area contributed by atoms with Gasteiger partial charge in [0.2, 0.25) is 12.7 Å². The van der Waals surface area contributed by atoms with Gasteiger partial charge in [-0.05, 0) is 30.2 Å². The number of likely N-dealkylation sites (N-methyl/N-ethyl adjacent to an activating group) is 1. The number of hydrogen-bond acceptors (Lipinski definition) is 4. The maximum Gasteiger partial charge on any atom is 0.244 e. The van der Waals surface area contributed by atoms with Gasteiger partial charge in [-0.1, -0.05) is 35.9 Å². The third-order valence-electron chi connectivity index (χ3n) is 3.94. The topological polar surface area (TPSA) is 64.8 Å². The molecule has 0 fully saturated rings. The number of ether oxygens (including phenoxy) is 2. The molecular formula is C18H20N2O3. The highest BCUT2D eigenvalue weighted by atomic mass is 16.7. The molecule has 2 N–H and O–H groups in total. The predicted octanol–water partition coefficient (Wildman–Crippen LogP) is 2.38. The molecule has 0 aromatic heterocycles. The van der Waals surface area contributed by atoms with E-state index >= 15 is 0 Å². The van der Waals surface area contributed by atoms with Gasteiger partial charge in [0.05, 0.1) is 0 Å². The van der Waals surface area contributed by atoms with E-state index in [2.05, 4.69) is 0 Å². The Bertz CT molecular complexity index is 713. The van der Waals surface area contributed by atoms with E-state index in [1.807, 2.05) is 49.4 Å². The Morgan fingerprint density at radius 1 is 1.17 bits per heavy atom. The molecule has 1 unspecified atom stereocenters. The molecule has 5 heteroatoms. The summed E-state index contributed by atoms with van der Waals surface area (Å²) < 4.78 is 10.6. The molecule has 5 nitrogen and oxygen atoms in total. The lowest BCUT2D eigenvalue weighted by atomic mass is 10.0. The Labute approximate surface area is 135 Å². The first-order valence-electron chi connectivity index (χ1n) is 7.50. The second kappa shape index (κ2) is 6.30. The van der Waals surface area contributed by atoms with Gasteiger partial charge in [-0.3, -0.25) is 4.79 Å². The summed E-state index contributed by atoms with van der Waals surface area (Å²) in [5.41, 5.74) is 9.03. The van der Waals surface area contributed by atoms with Crippen molar-refractivity contribution in [2.75, 3.05) is 13.8 Å². The van der Waals surface area contributed by atoms with Gasteiger partial charge in [0.25, 0.3) is 0 Å². The predicted molar refractivity (Wildman–Crippen MR) is 87.1 cm³/mol. The average Bonchev–Trinajstić information content (AvgIpc) is 3.01. The summed E-state index contributed by atoms with van der Waals surface area (Å²) >= 11 is 0. The van der Waals surface area contributed by atoms with Gasteiger partial charge in [-0.25, -0.2) is 0 Å². The van der Waals surface area contributed by atoms with Gasteiger partial charge in [-0.2, -0.15) is 0 Å². The molecule has 0 saturated carbocycles. The number of hydrogen-bond donors (Lipinski definition) is 1. The highest BCUT2D eigenvalue weighted by Crippen LogP contribution is 2.32. The van der Waals surface area contributed by atoms with Gasteiger partial charge in [0.15, 0.2) is 11.5 Å². The van der Waals surface area contributed by atoms with E-state index < -0.39 is 6.04 Å². The summed E-state index contributed by atoms with van der Waals surface area (Å²) in [7, 11) is 1.75.